The maximum absolute atomic E-state index is 13.7. The number of fused-ring (bicyclic) bond motifs is 3. The maximum atomic E-state index is 13.7. The normalized spacial score (nSPS) is 14.7. The number of aromatic nitrogens is 1. The summed E-state index contributed by atoms with van der Waals surface area (Å²) in [5.74, 6) is 2.63. The van der Waals surface area contributed by atoms with Crippen LogP contribution in [0.25, 0.3) is 10.9 Å². The quantitative estimate of drug-likeness (QED) is 0.412. The molecule has 2 heterocycles. The molecule has 27 heavy (non-hydrogen) atoms. The number of hydrogen-bond donors (Lipinski definition) is 0. The van der Waals surface area contributed by atoms with Crippen molar-refractivity contribution in [2.75, 3.05) is 13.6 Å². The molecule has 1 aromatic heterocycles. The summed E-state index contributed by atoms with van der Waals surface area (Å²) in [7, 11) is 2.01. The lowest BCUT2D eigenvalue weighted by molar-refractivity contribution is -0.137. The van der Waals surface area contributed by atoms with E-state index in [-0.39, 0.29) is 5.82 Å². The molecule has 2 nitrogen and oxygen atoms in total. The molecule has 0 atom stereocenters. The third kappa shape index (κ3) is 3.31. The van der Waals surface area contributed by atoms with E-state index in [1.807, 2.05) is 11.6 Å². The van der Waals surface area contributed by atoms with Crippen LogP contribution in [0.4, 0.5) is 17.6 Å². The van der Waals surface area contributed by atoms with Gasteiger partial charge in [0.05, 0.1) is 11.1 Å². The van der Waals surface area contributed by atoms with E-state index in [0.717, 1.165) is 47.3 Å². The van der Waals surface area contributed by atoms with Crippen molar-refractivity contribution in [3.05, 3.63) is 70.7 Å². The highest BCUT2D eigenvalue weighted by molar-refractivity contribution is 5.87. The minimum absolute atomic E-state index is 0.300. The molecule has 1 aliphatic rings. The Morgan fingerprint density at radius 1 is 1.04 bits per heavy atom. The molecule has 0 saturated carbocycles. The highest BCUT2D eigenvalue weighted by Gasteiger charge is 2.29. The van der Waals surface area contributed by atoms with Crippen LogP contribution in [-0.2, 0) is 19.1 Å². The van der Waals surface area contributed by atoms with Crippen LogP contribution >= 0.6 is 0 Å². The van der Waals surface area contributed by atoms with E-state index in [1.165, 1.54) is 24.3 Å². The molecule has 0 spiro atoms. The Balaban J connectivity index is 1.78. The molecule has 138 valence electrons. The van der Waals surface area contributed by atoms with Crippen LogP contribution in [0.3, 0.4) is 0 Å². The number of likely N-dealkylation sites (N-methyl/N-ethyl adjacent to an activating group) is 1. The standard InChI is InChI=1S/C21H16F4N2/c1-26-10-9-20-18(13-26)17-12-16(22)6-7-19(17)27(20)11-8-14-2-4-15(5-3-14)21(23,24)25/h2-7,12H,9-10,13H2,1H3. The zero-order valence-electron chi connectivity index (χ0n) is 14.6. The number of alkyl halides is 3. The Labute approximate surface area is 154 Å². The first-order valence-corrected chi connectivity index (χ1v) is 8.52. The van der Waals surface area contributed by atoms with Gasteiger partial charge in [0.25, 0.3) is 0 Å². The molecule has 2 aromatic carbocycles. The zero-order chi connectivity index (χ0) is 19.2. The Bertz CT molecular complexity index is 1070. The van der Waals surface area contributed by atoms with Gasteiger partial charge in [-0.2, -0.15) is 13.2 Å². The molecule has 6 heteroatoms. The number of hydrogen-bond acceptors (Lipinski definition) is 1. The SMILES string of the molecule is CN1CCc2c(c3cc(F)ccc3n2C#Cc2ccc(C(F)(F)F)cc2)C1. The fourth-order valence-electron chi connectivity index (χ4n) is 3.46. The van der Waals surface area contributed by atoms with E-state index in [2.05, 4.69) is 16.9 Å². The van der Waals surface area contributed by atoms with Gasteiger partial charge in [-0.05, 0) is 61.0 Å². The summed E-state index contributed by atoms with van der Waals surface area (Å²) in [5.41, 5.74) is 2.70. The second-order valence-corrected chi connectivity index (χ2v) is 6.72. The summed E-state index contributed by atoms with van der Waals surface area (Å²) in [5, 5.41) is 0.832. The number of nitrogens with zero attached hydrogens (tertiary/aromatic N) is 2. The molecule has 0 unspecified atom stereocenters. The third-order valence-corrected chi connectivity index (χ3v) is 4.83. The van der Waals surface area contributed by atoms with Crippen molar-refractivity contribution in [3.63, 3.8) is 0 Å². The van der Waals surface area contributed by atoms with Crippen molar-refractivity contribution in [3.8, 4) is 12.0 Å². The van der Waals surface area contributed by atoms with Crippen LogP contribution < -0.4 is 0 Å². The van der Waals surface area contributed by atoms with Crippen LogP contribution in [-0.4, -0.2) is 23.1 Å². The largest absolute Gasteiger partial charge is 0.416 e. The molecule has 1 aliphatic heterocycles. The lowest BCUT2D eigenvalue weighted by atomic mass is 10.1. The summed E-state index contributed by atoms with van der Waals surface area (Å²) in [6, 6.07) is 12.4. The monoisotopic (exact) mass is 372 g/mol. The molecular weight excluding hydrogens is 356 g/mol. The number of benzene rings is 2. The van der Waals surface area contributed by atoms with Gasteiger partial charge in [-0.3, -0.25) is 4.57 Å². The molecule has 0 amide bonds. The molecule has 0 N–H and O–H groups in total. The Kier molecular flexibility index (Phi) is 4.20. The van der Waals surface area contributed by atoms with Gasteiger partial charge in [-0.25, -0.2) is 4.39 Å². The van der Waals surface area contributed by atoms with Gasteiger partial charge in [0, 0.05) is 42.2 Å². The summed E-state index contributed by atoms with van der Waals surface area (Å²) in [6.07, 6.45) is -3.58. The second kappa shape index (κ2) is 6.43. The van der Waals surface area contributed by atoms with Crippen LogP contribution in [0.1, 0.15) is 22.4 Å². The molecule has 0 bridgehead atoms. The third-order valence-electron chi connectivity index (χ3n) is 4.83. The van der Waals surface area contributed by atoms with Gasteiger partial charge in [-0.15, -0.1) is 0 Å². The fraction of sp³-hybridized carbons (Fsp3) is 0.238. The molecule has 4 rings (SSSR count). The second-order valence-electron chi connectivity index (χ2n) is 6.72. The first kappa shape index (κ1) is 17.6. The summed E-state index contributed by atoms with van der Waals surface area (Å²) in [4.78, 5) is 2.17. The summed E-state index contributed by atoms with van der Waals surface area (Å²) in [6.45, 7) is 1.58. The predicted molar refractivity (Wildman–Crippen MR) is 95.7 cm³/mol. The van der Waals surface area contributed by atoms with E-state index in [4.69, 9.17) is 0 Å². The maximum Gasteiger partial charge on any atom is 0.416 e. The molecule has 0 radical (unpaired) electrons. The lowest BCUT2D eigenvalue weighted by Crippen LogP contribution is -2.27. The highest BCUT2D eigenvalue weighted by Crippen LogP contribution is 2.31. The Hall–Kier alpha value is -2.78. The molecular formula is C21H16F4N2. The molecule has 3 aromatic rings. The Morgan fingerprint density at radius 3 is 2.48 bits per heavy atom. The lowest BCUT2D eigenvalue weighted by Gasteiger charge is -2.23. The van der Waals surface area contributed by atoms with E-state index >= 15 is 0 Å². The van der Waals surface area contributed by atoms with E-state index in [0.29, 0.717) is 12.1 Å². The minimum Gasteiger partial charge on any atom is -0.302 e. The topological polar surface area (TPSA) is 8.17 Å². The minimum atomic E-state index is -4.36. The summed E-state index contributed by atoms with van der Waals surface area (Å²) >= 11 is 0. The fourth-order valence-corrected chi connectivity index (χ4v) is 3.46. The van der Waals surface area contributed by atoms with Crippen LogP contribution in [0.5, 0.6) is 0 Å². The summed E-state index contributed by atoms with van der Waals surface area (Å²) < 4.78 is 53.6. The van der Waals surface area contributed by atoms with Gasteiger partial charge in [0.2, 0.25) is 0 Å². The van der Waals surface area contributed by atoms with Gasteiger partial charge in [0.15, 0.2) is 0 Å². The first-order valence-electron chi connectivity index (χ1n) is 8.52. The van der Waals surface area contributed by atoms with Crippen molar-refractivity contribution < 1.29 is 17.6 Å². The van der Waals surface area contributed by atoms with Crippen molar-refractivity contribution in [1.29, 1.82) is 0 Å². The average molecular weight is 372 g/mol. The van der Waals surface area contributed by atoms with Gasteiger partial charge >= 0.3 is 6.18 Å². The van der Waals surface area contributed by atoms with Crippen molar-refractivity contribution in [2.24, 2.45) is 0 Å². The van der Waals surface area contributed by atoms with Crippen molar-refractivity contribution in [2.45, 2.75) is 19.1 Å². The molecule has 0 aliphatic carbocycles. The molecule has 0 fully saturated rings. The first-order chi connectivity index (χ1) is 12.8. The van der Waals surface area contributed by atoms with E-state index in [9.17, 15) is 17.6 Å². The number of rotatable bonds is 0. The van der Waals surface area contributed by atoms with Gasteiger partial charge in [-0.1, -0.05) is 0 Å². The van der Waals surface area contributed by atoms with Gasteiger partial charge in [0.1, 0.15) is 5.82 Å². The van der Waals surface area contributed by atoms with Crippen molar-refractivity contribution in [1.82, 2.24) is 9.47 Å². The van der Waals surface area contributed by atoms with E-state index in [1.54, 1.807) is 6.07 Å². The smallest absolute Gasteiger partial charge is 0.302 e. The van der Waals surface area contributed by atoms with Gasteiger partial charge < -0.3 is 4.90 Å². The van der Waals surface area contributed by atoms with Crippen LogP contribution in [0.15, 0.2) is 42.5 Å². The van der Waals surface area contributed by atoms with Crippen molar-refractivity contribution >= 4 is 10.9 Å². The predicted octanol–water partition coefficient (Wildman–Crippen LogP) is 4.64. The van der Waals surface area contributed by atoms with Crippen LogP contribution in [0, 0.1) is 17.8 Å². The van der Waals surface area contributed by atoms with E-state index < -0.39 is 11.7 Å². The number of halogens is 4. The zero-order valence-corrected chi connectivity index (χ0v) is 14.6. The average Bonchev–Trinajstić information content (AvgIpc) is 2.92. The highest BCUT2D eigenvalue weighted by atomic mass is 19.4. The van der Waals surface area contributed by atoms with Crippen LogP contribution in [0.2, 0.25) is 0 Å². The Morgan fingerprint density at radius 2 is 1.78 bits per heavy atom. The molecule has 0 saturated heterocycles.